The highest BCUT2D eigenvalue weighted by Gasteiger charge is 2.28. The Bertz CT molecular complexity index is 635. The number of hydrogen-bond acceptors (Lipinski definition) is 2. The van der Waals surface area contributed by atoms with Crippen molar-refractivity contribution in [3.05, 3.63) is 28.8 Å². The first-order valence-electron chi connectivity index (χ1n) is 9.63. The van der Waals surface area contributed by atoms with E-state index in [1.54, 1.807) is 12.1 Å². The largest absolute Gasteiger partial charge is 0.335 e. The predicted molar refractivity (Wildman–Crippen MR) is 106 cm³/mol. The van der Waals surface area contributed by atoms with Crippen molar-refractivity contribution >= 4 is 29.1 Å². The highest BCUT2D eigenvalue weighted by Crippen LogP contribution is 2.20. The molecule has 0 spiro atoms. The van der Waals surface area contributed by atoms with Crippen LogP contribution in [-0.2, 0) is 9.59 Å². The molecule has 0 aliphatic carbocycles. The van der Waals surface area contributed by atoms with Gasteiger partial charge in [-0.1, -0.05) is 24.6 Å². The minimum atomic E-state index is -0.0919. The molecular weight excluding hydrogens is 350 g/mol. The number of anilines is 1. The quantitative estimate of drug-likeness (QED) is 0.762. The van der Waals surface area contributed by atoms with Crippen molar-refractivity contribution in [1.82, 2.24) is 4.90 Å². The molecule has 2 atom stereocenters. The Hall–Kier alpha value is -1.59. The van der Waals surface area contributed by atoms with Crippen LogP contribution in [0.25, 0.3) is 0 Å². The molecule has 0 saturated carbocycles. The summed E-state index contributed by atoms with van der Waals surface area (Å²) in [6.07, 6.45) is 4.38. The van der Waals surface area contributed by atoms with Crippen molar-refractivity contribution < 1.29 is 14.5 Å². The van der Waals surface area contributed by atoms with Gasteiger partial charge in [0.1, 0.15) is 0 Å². The number of carbonyl (C=O) groups excluding carboxylic acids is 2. The number of piperidine rings is 1. The Morgan fingerprint density at radius 2 is 2.04 bits per heavy atom. The van der Waals surface area contributed by atoms with E-state index in [4.69, 9.17) is 11.6 Å². The lowest BCUT2D eigenvalue weighted by Crippen LogP contribution is -3.14. The van der Waals surface area contributed by atoms with Gasteiger partial charge >= 0.3 is 0 Å². The number of amides is 2. The number of quaternary nitrogens is 1. The third-order valence-electron chi connectivity index (χ3n) is 5.20. The summed E-state index contributed by atoms with van der Waals surface area (Å²) in [4.78, 5) is 28.2. The summed E-state index contributed by atoms with van der Waals surface area (Å²) in [5.41, 5.74) is 1.70. The molecule has 1 heterocycles. The van der Waals surface area contributed by atoms with E-state index in [2.05, 4.69) is 12.2 Å². The van der Waals surface area contributed by atoms with Gasteiger partial charge in [-0.15, -0.1) is 0 Å². The molecule has 0 radical (unpaired) electrons. The van der Waals surface area contributed by atoms with Crippen molar-refractivity contribution in [3.8, 4) is 0 Å². The first-order valence-corrected chi connectivity index (χ1v) is 10.0. The summed E-state index contributed by atoms with van der Waals surface area (Å²) in [6, 6.07) is 5.80. The lowest BCUT2D eigenvalue weighted by atomic mass is 10.00. The van der Waals surface area contributed by atoms with Gasteiger partial charge in [0, 0.05) is 23.3 Å². The minimum absolute atomic E-state index is 0.0919. The van der Waals surface area contributed by atoms with Gasteiger partial charge in [-0.3, -0.25) is 9.59 Å². The maximum atomic E-state index is 12.7. The number of carbonyl (C=O) groups is 2. The van der Waals surface area contributed by atoms with Gasteiger partial charge in [-0.2, -0.15) is 0 Å². The summed E-state index contributed by atoms with van der Waals surface area (Å²) in [5.74, 6) is 0.0749. The Kier molecular flexibility index (Phi) is 7.91. The highest BCUT2D eigenvalue weighted by atomic mass is 35.5. The molecule has 144 valence electrons. The number of hydrogen-bond donors (Lipinski definition) is 2. The molecule has 1 saturated heterocycles. The average Bonchev–Trinajstić information content (AvgIpc) is 2.63. The Labute approximate surface area is 161 Å². The summed E-state index contributed by atoms with van der Waals surface area (Å²) < 4.78 is 0. The molecule has 2 amide bonds. The number of nitrogens with zero attached hydrogens (tertiary/aromatic N) is 1. The van der Waals surface area contributed by atoms with E-state index in [-0.39, 0.29) is 18.4 Å². The predicted octanol–water partition coefficient (Wildman–Crippen LogP) is 2.28. The van der Waals surface area contributed by atoms with Gasteiger partial charge in [-0.25, -0.2) is 0 Å². The lowest BCUT2D eigenvalue weighted by molar-refractivity contribution is -0.882. The fraction of sp³-hybridized carbons (Fsp3) is 0.600. The van der Waals surface area contributed by atoms with Crippen LogP contribution in [0.2, 0.25) is 5.02 Å². The van der Waals surface area contributed by atoms with Gasteiger partial charge in [0.15, 0.2) is 13.1 Å². The van der Waals surface area contributed by atoms with Crippen LogP contribution in [0.15, 0.2) is 18.2 Å². The second-order valence-electron chi connectivity index (χ2n) is 7.11. The molecule has 1 aromatic rings. The molecule has 26 heavy (non-hydrogen) atoms. The van der Waals surface area contributed by atoms with E-state index in [1.807, 2.05) is 24.8 Å². The van der Waals surface area contributed by atoms with E-state index in [1.165, 1.54) is 6.42 Å². The molecule has 2 N–H and O–H groups in total. The molecule has 1 unspecified atom stereocenters. The van der Waals surface area contributed by atoms with Gasteiger partial charge in [0.05, 0.1) is 6.54 Å². The summed E-state index contributed by atoms with van der Waals surface area (Å²) in [7, 11) is 0. The van der Waals surface area contributed by atoms with Crippen molar-refractivity contribution in [2.24, 2.45) is 0 Å². The van der Waals surface area contributed by atoms with Crippen LogP contribution in [0, 0.1) is 6.92 Å². The number of likely N-dealkylation sites (N-methyl/N-ethyl adjacent to an activating group) is 1. The second-order valence-corrected chi connectivity index (χ2v) is 7.55. The van der Waals surface area contributed by atoms with Crippen molar-refractivity contribution in [2.45, 2.75) is 52.5 Å². The average molecular weight is 381 g/mol. The summed E-state index contributed by atoms with van der Waals surface area (Å²) in [6.45, 7) is 8.31. The highest BCUT2D eigenvalue weighted by molar-refractivity contribution is 6.31. The molecule has 2 rings (SSSR count). The number of halogens is 1. The van der Waals surface area contributed by atoms with Gasteiger partial charge in [-0.05, 0) is 57.2 Å². The van der Waals surface area contributed by atoms with E-state index in [9.17, 15) is 9.59 Å². The third-order valence-corrected chi connectivity index (χ3v) is 5.44. The SMILES string of the molecule is CC[C@@H]1CCCCN1C(=O)C[NH+](CC)CC(=O)Nc1cc(Cl)ccc1C. The van der Waals surface area contributed by atoms with Gasteiger partial charge in [0.2, 0.25) is 0 Å². The normalized spacial score (nSPS) is 18.5. The fourth-order valence-corrected chi connectivity index (χ4v) is 3.70. The zero-order chi connectivity index (χ0) is 19.1. The summed E-state index contributed by atoms with van der Waals surface area (Å²) >= 11 is 6.01. The van der Waals surface area contributed by atoms with Crippen LogP contribution in [0.3, 0.4) is 0 Å². The van der Waals surface area contributed by atoms with Crippen LogP contribution >= 0.6 is 11.6 Å². The smallest absolute Gasteiger partial charge is 0.279 e. The van der Waals surface area contributed by atoms with Crippen molar-refractivity contribution in [3.63, 3.8) is 0 Å². The number of likely N-dealkylation sites (tertiary alicyclic amines) is 1. The van der Waals surface area contributed by atoms with E-state index < -0.39 is 0 Å². The molecule has 5 nitrogen and oxygen atoms in total. The maximum Gasteiger partial charge on any atom is 0.279 e. The Morgan fingerprint density at radius 3 is 2.73 bits per heavy atom. The molecule has 1 fully saturated rings. The number of nitrogens with one attached hydrogen (secondary N) is 2. The zero-order valence-electron chi connectivity index (χ0n) is 16.1. The van der Waals surface area contributed by atoms with E-state index >= 15 is 0 Å². The first kappa shape index (κ1) is 20.7. The monoisotopic (exact) mass is 380 g/mol. The molecule has 6 heteroatoms. The van der Waals surface area contributed by atoms with Gasteiger partial charge in [0.25, 0.3) is 11.8 Å². The van der Waals surface area contributed by atoms with Crippen LogP contribution in [-0.4, -0.2) is 48.9 Å². The topological polar surface area (TPSA) is 53.9 Å². The van der Waals surface area contributed by atoms with Crippen LogP contribution in [0.4, 0.5) is 5.69 Å². The summed E-state index contributed by atoms with van der Waals surface area (Å²) in [5, 5.41) is 3.51. The fourth-order valence-electron chi connectivity index (χ4n) is 3.53. The Morgan fingerprint density at radius 1 is 1.27 bits per heavy atom. The number of benzene rings is 1. The molecular formula is C20H31ClN3O2+. The maximum absolute atomic E-state index is 12.7. The van der Waals surface area contributed by atoms with Crippen LogP contribution in [0.5, 0.6) is 0 Å². The van der Waals surface area contributed by atoms with Crippen LogP contribution in [0.1, 0.15) is 45.1 Å². The minimum Gasteiger partial charge on any atom is -0.335 e. The standard InChI is InChI=1S/C20H30ClN3O2/c1-4-17-8-6-7-11-24(17)20(26)14-23(5-2)13-19(25)22-18-12-16(21)10-9-15(18)3/h9-10,12,17H,4-8,11,13-14H2,1-3H3,(H,22,25)/p+1/t17-/m1/s1. The van der Waals surface area contributed by atoms with Gasteiger partial charge < -0.3 is 15.1 Å². The van der Waals surface area contributed by atoms with Crippen LogP contribution < -0.4 is 10.2 Å². The third kappa shape index (κ3) is 5.71. The number of rotatable bonds is 7. The molecule has 1 aliphatic heterocycles. The molecule has 1 aliphatic rings. The number of aryl methyl sites for hydroxylation is 1. The molecule has 0 aromatic heterocycles. The molecule has 0 bridgehead atoms. The van der Waals surface area contributed by atoms with Crippen molar-refractivity contribution in [2.75, 3.05) is 31.5 Å². The first-order chi connectivity index (χ1) is 12.4. The molecule has 1 aromatic carbocycles. The Balaban J connectivity index is 1.92. The van der Waals surface area contributed by atoms with E-state index in [0.29, 0.717) is 17.6 Å². The van der Waals surface area contributed by atoms with Crippen molar-refractivity contribution in [1.29, 1.82) is 0 Å². The van der Waals surface area contributed by atoms with E-state index in [0.717, 1.165) is 48.5 Å². The zero-order valence-corrected chi connectivity index (χ0v) is 16.9. The lowest BCUT2D eigenvalue weighted by Gasteiger charge is -2.35. The second kappa shape index (κ2) is 9.93.